The van der Waals surface area contributed by atoms with E-state index in [0.29, 0.717) is 0 Å². The van der Waals surface area contributed by atoms with Crippen LogP contribution in [0.15, 0.2) is 18.2 Å². The number of phenolic OH excluding ortho intramolecular Hbond substituents is 1. The summed E-state index contributed by atoms with van der Waals surface area (Å²) in [4.78, 5) is 11.5. The molecular formula is C14H20F2N2O3. The number of benzene rings is 1. The minimum atomic E-state index is -3.09. The second-order valence-corrected chi connectivity index (χ2v) is 5.71. The summed E-state index contributed by atoms with van der Waals surface area (Å²) in [6, 6.07) is 3.91. The zero-order chi connectivity index (χ0) is 16.3. The molecule has 0 aliphatic carbocycles. The van der Waals surface area contributed by atoms with Gasteiger partial charge in [0.05, 0.1) is 6.54 Å². The number of hydrogen-bond acceptors (Lipinski definition) is 4. The predicted molar refractivity (Wildman–Crippen MR) is 75.7 cm³/mol. The van der Waals surface area contributed by atoms with E-state index in [4.69, 9.17) is 10.5 Å². The Morgan fingerprint density at radius 3 is 2.48 bits per heavy atom. The van der Waals surface area contributed by atoms with Gasteiger partial charge in [-0.25, -0.2) is 13.6 Å². The fourth-order valence-corrected chi connectivity index (χ4v) is 1.56. The minimum Gasteiger partial charge on any atom is -0.508 e. The number of alkyl halides is 2. The molecule has 0 radical (unpaired) electrons. The molecule has 0 saturated heterocycles. The lowest BCUT2D eigenvalue weighted by Gasteiger charge is -2.20. The van der Waals surface area contributed by atoms with Gasteiger partial charge >= 0.3 is 6.09 Å². The maximum absolute atomic E-state index is 13.2. The molecule has 1 aromatic carbocycles. The predicted octanol–water partition coefficient (Wildman–Crippen LogP) is 2.88. The lowest BCUT2D eigenvalue weighted by atomic mass is 10.1. The molecule has 118 valence electrons. The second kappa shape index (κ2) is 6.26. The smallest absolute Gasteiger partial charge is 0.412 e. The molecule has 5 nitrogen and oxygen atoms in total. The van der Waals surface area contributed by atoms with Crippen molar-refractivity contribution < 1.29 is 23.4 Å². The van der Waals surface area contributed by atoms with Gasteiger partial charge in [-0.15, -0.1) is 0 Å². The van der Waals surface area contributed by atoms with Crippen LogP contribution in [0.4, 0.5) is 19.3 Å². The summed E-state index contributed by atoms with van der Waals surface area (Å²) in [6.45, 7) is 4.33. The highest BCUT2D eigenvalue weighted by Crippen LogP contribution is 2.28. The Labute approximate surface area is 122 Å². The number of nitrogens with two attached hydrogens (primary N) is 1. The molecule has 0 saturated carbocycles. The second-order valence-electron chi connectivity index (χ2n) is 5.71. The van der Waals surface area contributed by atoms with Crippen molar-refractivity contribution in [3.05, 3.63) is 23.8 Å². The first-order valence-corrected chi connectivity index (χ1v) is 6.42. The van der Waals surface area contributed by atoms with Crippen LogP contribution in [0.25, 0.3) is 0 Å². The molecule has 21 heavy (non-hydrogen) atoms. The first-order valence-electron chi connectivity index (χ1n) is 6.42. The number of hydrogen-bond donors (Lipinski definition) is 3. The summed E-state index contributed by atoms with van der Waals surface area (Å²) in [7, 11) is 0. The van der Waals surface area contributed by atoms with Crippen molar-refractivity contribution in [2.75, 3.05) is 11.9 Å². The minimum absolute atomic E-state index is 0.0557. The van der Waals surface area contributed by atoms with Crippen molar-refractivity contribution in [1.29, 1.82) is 0 Å². The molecule has 0 heterocycles. The van der Waals surface area contributed by atoms with E-state index in [0.717, 1.165) is 0 Å². The zero-order valence-electron chi connectivity index (χ0n) is 12.2. The average Bonchev–Trinajstić information content (AvgIpc) is 2.30. The van der Waals surface area contributed by atoms with E-state index in [-0.39, 0.29) is 17.0 Å². The summed E-state index contributed by atoms with van der Waals surface area (Å²) in [6.07, 6.45) is -1.36. The number of ether oxygens (including phenoxy) is 1. The molecule has 7 heteroatoms. The average molecular weight is 302 g/mol. The molecule has 0 atom stereocenters. The number of anilines is 1. The Balaban J connectivity index is 2.77. The maximum atomic E-state index is 13.2. The van der Waals surface area contributed by atoms with Crippen molar-refractivity contribution in [2.45, 2.75) is 38.7 Å². The number of rotatable bonds is 4. The summed E-state index contributed by atoms with van der Waals surface area (Å²) in [5, 5.41) is 12.1. The van der Waals surface area contributed by atoms with Gasteiger partial charge in [0.25, 0.3) is 5.92 Å². The van der Waals surface area contributed by atoms with Crippen LogP contribution < -0.4 is 11.1 Å². The molecule has 0 unspecified atom stereocenters. The van der Waals surface area contributed by atoms with Gasteiger partial charge in [-0.2, -0.15) is 0 Å². The highest BCUT2D eigenvalue weighted by atomic mass is 19.3. The van der Waals surface area contributed by atoms with E-state index in [1.54, 1.807) is 20.8 Å². The van der Waals surface area contributed by atoms with Crippen molar-refractivity contribution >= 4 is 11.8 Å². The monoisotopic (exact) mass is 302 g/mol. The summed E-state index contributed by atoms with van der Waals surface area (Å²) >= 11 is 0. The third-order valence-electron chi connectivity index (χ3n) is 2.48. The third-order valence-corrected chi connectivity index (χ3v) is 2.48. The SMILES string of the molecule is CC(C)(C)OC(=O)Nc1ccc(CC(F)(F)CN)c(O)c1. The molecule has 0 fully saturated rings. The van der Waals surface area contributed by atoms with E-state index in [1.807, 2.05) is 0 Å². The Kier molecular flexibility index (Phi) is 5.11. The number of aromatic hydroxyl groups is 1. The van der Waals surface area contributed by atoms with Crippen molar-refractivity contribution in [1.82, 2.24) is 0 Å². The lowest BCUT2D eigenvalue weighted by molar-refractivity contribution is 0.0109. The number of carbonyl (C=O) groups excluding carboxylic acids is 1. The molecule has 0 bridgehead atoms. The van der Waals surface area contributed by atoms with Crippen LogP contribution in [-0.2, 0) is 11.2 Å². The van der Waals surface area contributed by atoms with Crippen LogP contribution >= 0.6 is 0 Å². The number of halogens is 2. The van der Waals surface area contributed by atoms with E-state index in [1.165, 1.54) is 18.2 Å². The zero-order valence-corrected chi connectivity index (χ0v) is 12.2. The molecule has 1 amide bonds. The van der Waals surface area contributed by atoms with Gasteiger partial charge in [-0.05, 0) is 26.8 Å². The van der Waals surface area contributed by atoms with Crippen LogP contribution in [0.5, 0.6) is 5.75 Å². The van der Waals surface area contributed by atoms with Crippen LogP contribution in [0.2, 0.25) is 0 Å². The van der Waals surface area contributed by atoms with Gasteiger partial charge in [0.15, 0.2) is 0 Å². The van der Waals surface area contributed by atoms with Gasteiger partial charge in [-0.1, -0.05) is 6.07 Å². The number of phenols is 1. The van der Waals surface area contributed by atoms with Crippen LogP contribution in [0, 0.1) is 0 Å². The highest BCUT2D eigenvalue weighted by molar-refractivity contribution is 5.85. The topological polar surface area (TPSA) is 84.6 Å². The maximum Gasteiger partial charge on any atom is 0.412 e. The first kappa shape index (κ1) is 17.2. The summed E-state index contributed by atoms with van der Waals surface area (Å²) < 4.78 is 31.4. The fourth-order valence-electron chi connectivity index (χ4n) is 1.56. The molecule has 0 spiro atoms. The molecular weight excluding hydrogens is 282 g/mol. The van der Waals surface area contributed by atoms with Gasteiger partial charge < -0.3 is 15.6 Å². The molecule has 0 aliphatic heterocycles. The summed E-state index contributed by atoms with van der Waals surface area (Å²) in [5.41, 5.74) is 4.60. The first-order chi connectivity index (χ1) is 9.52. The Bertz CT molecular complexity index is 513. The third kappa shape index (κ3) is 5.95. The van der Waals surface area contributed by atoms with Gasteiger partial charge in [-0.3, -0.25) is 5.32 Å². The van der Waals surface area contributed by atoms with Crippen molar-refractivity contribution in [3.63, 3.8) is 0 Å². The van der Waals surface area contributed by atoms with Crippen LogP contribution in [0.1, 0.15) is 26.3 Å². The molecule has 1 aromatic rings. The van der Waals surface area contributed by atoms with Gasteiger partial charge in [0, 0.05) is 23.7 Å². The number of amides is 1. The lowest BCUT2D eigenvalue weighted by Crippen LogP contribution is -2.30. The largest absolute Gasteiger partial charge is 0.508 e. The van der Waals surface area contributed by atoms with Crippen LogP contribution in [-0.4, -0.2) is 29.3 Å². The standard InChI is InChI=1S/C14H20F2N2O3/c1-13(2,3)21-12(20)18-10-5-4-9(11(19)6-10)7-14(15,16)8-17/h4-6,19H,7-8,17H2,1-3H3,(H,18,20). The molecule has 1 rings (SSSR count). The molecule has 0 aliphatic rings. The Hall–Kier alpha value is -1.89. The van der Waals surface area contributed by atoms with Gasteiger partial charge in [0.2, 0.25) is 0 Å². The quantitative estimate of drug-likeness (QED) is 0.798. The van der Waals surface area contributed by atoms with E-state index in [2.05, 4.69) is 5.32 Å². The molecule has 0 aromatic heterocycles. The van der Waals surface area contributed by atoms with Crippen LogP contribution in [0.3, 0.4) is 0 Å². The van der Waals surface area contributed by atoms with Gasteiger partial charge in [0.1, 0.15) is 11.4 Å². The van der Waals surface area contributed by atoms with E-state index < -0.39 is 30.6 Å². The van der Waals surface area contributed by atoms with E-state index in [9.17, 15) is 18.7 Å². The Morgan fingerprint density at radius 2 is 2.00 bits per heavy atom. The number of nitrogens with one attached hydrogen (secondary N) is 1. The summed E-state index contributed by atoms with van der Waals surface area (Å²) in [5.74, 6) is -3.42. The van der Waals surface area contributed by atoms with Crippen molar-refractivity contribution in [3.8, 4) is 5.75 Å². The highest BCUT2D eigenvalue weighted by Gasteiger charge is 2.28. The van der Waals surface area contributed by atoms with Crippen molar-refractivity contribution in [2.24, 2.45) is 5.73 Å². The Morgan fingerprint density at radius 1 is 1.38 bits per heavy atom. The number of carbonyl (C=O) groups is 1. The normalized spacial score (nSPS) is 12.1. The van der Waals surface area contributed by atoms with E-state index >= 15 is 0 Å². The fraction of sp³-hybridized carbons (Fsp3) is 0.500. The molecule has 4 N–H and O–H groups in total.